The van der Waals surface area contributed by atoms with Crippen LogP contribution in [0.2, 0.25) is 0 Å². The van der Waals surface area contributed by atoms with Crippen molar-refractivity contribution in [2.75, 3.05) is 5.75 Å². The van der Waals surface area contributed by atoms with Crippen LogP contribution in [0.5, 0.6) is 0 Å². The molecule has 0 spiro atoms. The molecule has 2 aliphatic rings. The normalized spacial score (nSPS) is 26.1. The molecular weight excluding hydrogens is 226 g/mol. The molecular formula is C11H13NO3S. The van der Waals surface area contributed by atoms with E-state index >= 15 is 0 Å². The molecule has 0 aromatic carbocycles. The number of hydrogen-bond acceptors (Lipinski definition) is 3. The van der Waals surface area contributed by atoms with Crippen molar-refractivity contribution >= 4 is 23.6 Å². The Labute approximate surface area is 98.0 Å². The first kappa shape index (κ1) is 11.3. The molecule has 5 heteroatoms. The number of hydrogen-bond donors (Lipinski definition) is 1. The molecule has 1 N–H and O–H groups in total. The lowest BCUT2D eigenvalue weighted by Crippen LogP contribution is -2.52. The molecule has 1 atom stereocenters. The van der Waals surface area contributed by atoms with Crippen molar-refractivity contribution in [1.29, 1.82) is 0 Å². The number of amides is 1. The number of carbonyl (C=O) groups is 2. The molecule has 0 aromatic heterocycles. The van der Waals surface area contributed by atoms with Gasteiger partial charge in [0.2, 0.25) is 0 Å². The molecule has 2 heterocycles. The Kier molecular flexibility index (Phi) is 2.80. The Morgan fingerprint density at radius 1 is 1.69 bits per heavy atom. The van der Waals surface area contributed by atoms with Crippen molar-refractivity contribution in [1.82, 2.24) is 4.90 Å². The number of fused-ring (bicyclic) bond motifs is 1. The van der Waals surface area contributed by atoms with Gasteiger partial charge in [-0.2, -0.15) is 0 Å². The Balaban J connectivity index is 2.33. The summed E-state index contributed by atoms with van der Waals surface area (Å²) in [5, 5.41) is 9.12. The Morgan fingerprint density at radius 2 is 2.38 bits per heavy atom. The molecule has 1 amide bonds. The third-order valence-corrected chi connectivity index (χ3v) is 3.85. The topological polar surface area (TPSA) is 57.6 Å². The molecule has 0 unspecified atom stereocenters. The Hall–Kier alpha value is -1.23. The van der Waals surface area contributed by atoms with E-state index in [9.17, 15) is 9.59 Å². The van der Waals surface area contributed by atoms with Gasteiger partial charge in [-0.3, -0.25) is 9.69 Å². The summed E-state index contributed by atoms with van der Waals surface area (Å²) in [6, 6.07) is -0.0300. The number of thioether (sulfide) groups is 1. The predicted molar refractivity (Wildman–Crippen MR) is 61.8 cm³/mol. The van der Waals surface area contributed by atoms with Crippen LogP contribution in [0.1, 0.15) is 20.3 Å². The highest BCUT2D eigenvalue weighted by Crippen LogP contribution is 2.45. The van der Waals surface area contributed by atoms with Gasteiger partial charge in [0, 0.05) is 16.9 Å². The van der Waals surface area contributed by atoms with E-state index in [-0.39, 0.29) is 17.6 Å². The molecule has 2 aliphatic heterocycles. The summed E-state index contributed by atoms with van der Waals surface area (Å²) in [4.78, 5) is 25.1. The van der Waals surface area contributed by atoms with Crippen LogP contribution in [0.25, 0.3) is 0 Å². The number of rotatable bonds is 3. The number of carboxylic acid groups (broad SMARTS) is 1. The first-order valence-corrected chi connectivity index (χ1v) is 6.19. The molecule has 0 aromatic rings. The number of nitrogens with zero attached hydrogens (tertiary/aromatic N) is 1. The second kappa shape index (κ2) is 3.97. The quantitative estimate of drug-likeness (QED) is 0.600. The summed E-state index contributed by atoms with van der Waals surface area (Å²) in [7, 11) is 0. The summed E-state index contributed by atoms with van der Waals surface area (Å²) in [6.45, 7) is 3.79. The fourth-order valence-electron chi connectivity index (χ4n) is 2.20. The lowest BCUT2D eigenvalue weighted by Gasteiger charge is -2.37. The van der Waals surface area contributed by atoms with Crippen molar-refractivity contribution in [3.63, 3.8) is 0 Å². The minimum absolute atomic E-state index is 0.0300. The SMILES string of the molecule is C/C=C1/C(=O)N2C(C(=O)O)=C(SCC)C[C@H]12. The standard InChI is InChI=1S/C11H13NO3S/c1-3-6-7-5-8(16-4-2)9(11(14)15)12(7)10(6)13/h3,7H,4-5H2,1-2H3,(H,14,15)/b6-3+/t7-/m1/s1. The average Bonchev–Trinajstić information content (AvgIpc) is 2.55. The zero-order valence-electron chi connectivity index (χ0n) is 9.19. The maximum absolute atomic E-state index is 11.7. The van der Waals surface area contributed by atoms with E-state index in [2.05, 4.69) is 0 Å². The number of carbonyl (C=O) groups excluding carboxylic acids is 1. The zero-order chi connectivity index (χ0) is 11.9. The summed E-state index contributed by atoms with van der Waals surface area (Å²) >= 11 is 1.52. The fraction of sp³-hybridized carbons (Fsp3) is 0.455. The van der Waals surface area contributed by atoms with Crippen LogP contribution < -0.4 is 0 Å². The molecule has 2 rings (SSSR count). The fourth-order valence-corrected chi connectivity index (χ4v) is 3.15. The number of allylic oxidation sites excluding steroid dienone is 1. The van der Waals surface area contributed by atoms with Gasteiger partial charge in [0.05, 0.1) is 6.04 Å². The summed E-state index contributed by atoms with van der Waals surface area (Å²) in [5.41, 5.74) is 0.929. The molecule has 0 aliphatic carbocycles. The molecule has 1 saturated heterocycles. The van der Waals surface area contributed by atoms with Gasteiger partial charge in [-0.25, -0.2) is 4.79 Å². The first-order chi connectivity index (χ1) is 7.61. The van der Waals surface area contributed by atoms with Crippen LogP contribution >= 0.6 is 11.8 Å². The highest BCUT2D eigenvalue weighted by Gasteiger charge is 2.51. The van der Waals surface area contributed by atoms with Gasteiger partial charge in [-0.05, 0) is 12.7 Å². The molecule has 16 heavy (non-hydrogen) atoms. The molecule has 0 bridgehead atoms. The van der Waals surface area contributed by atoms with E-state index in [0.717, 1.165) is 16.2 Å². The molecule has 0 saturated carbocycles. The molecule has 4 nitrogen and oxygen atoms in total. The third kappa shape index (κ3) is 1.38. The lowest BCUT2D eigenvalue weighted by atomic mass is 9.94. The van der Waals surface area contributed by atoms with Gasteiger partial charge in [0.25, 0.3) is 5.91 Å². The summed E-state index contributed by atoms with van der Waals surface area (Å²) < 4.78 is 0. The van der Waals surface area contributed by atoms with E-state index in [0.29, 0.717) is 6.42 Å². The molecule has 1 fully saturated rings. The molecule has 0 radical (unpaired) electrons. The van der Waals surface area contributed by atoms with Crippen molar-refractivity contribution < 1.29 is 14.7 Å². The van der Waals surface area contributed by atoms with Gasteiger partial charge in [0.1, 0.15) is 5.70 Å². The number of aliphatic carboxylic acids is 1. The van der Waals surface area contributed by atoms with E-state index in [1.54, 1.807) is 6.08 Å². The highest BCUT2D eigenvalue weighted by molar-refractivity contribution is 8.03. The maximum Gasteiger partial charge on any atom is 0.353 e. The third-order valence-electron chi connectivity index (χ3n) is 2.85. The van der Waals surface area contributed by atoms with E-state index in [1.807, 2.05) is 13.8 Å². The van der Waals surface area contributed by atoms with Gasteiger partial charge in [-0.15, -0.1) is 11.8 Å². The van der Waals surface area contributed by atoms with Crippen LogP contribution in [-0.4, -0.2) is 33.7 Å². The molecule has 86 valence electrons. The predicted octanol–water partition coefficient (Wildman–Crippen LogP) is 1.60. The van der Waals surface area contributed by atoms with Crippen LogP contribution in [0.4, 0.5) is 0 Å². The van der Waals surface area contributed by atoms with Crippen molar-refractivity contribution in [3.05, 3.63) is 22.3 Å². The van der Waals surface area contributed by atoms with Crippen LogP contribution in [-0.2, 0) is 9.59 Å². The summed E-state index contributed by atoms with van der Waals surface area (Å²) in [6.07, 6.45) is 2.44. The minimum Gasteiger partial charge on any atom is -0.477 e. The van der Waals surface area contributed by atoms with E-state index in [1.165, 1.54) is 16.7 Å². The van der Waals surface area contributed by atoms with Crippen LogP contribution in [0.15, 0.2) is 22.3 Å². The second-order valence-corrected chi connectivity index (χ2v) is 5.01. The second-order valence-electron chi connectivity index (χ2n) is 3.65. The largest absolute Gasteiger partial charge is 0.477 e. The van der Waals surface area contributed by atoms with Crippen LogP contribution in [0, 0.1) is 0 Å². The monoisotopic (exact) mass is 239 g/mol. The van der Waals surface area contributed by atoms with Gasteiger partial charge < -0.3 is 5.11 Å². The zero-order valence-corrected chi connectivity index (χ0v) is 10.0. The number of carboxylic acids is 1. The Morgan fingerprint density at radius 3 is 2.88 bits per heavy atom. The summed E-state index contributed by atoms with van der Waals surface area (Å²) in [5.74, 6) is -0.329. The van der Waals surface area contributed by atoms with E-state index in [4.69, 9.17) is 5.11 Å². The van der Waals surface area contributed by atoms with Crippen molar-refractivity contribution in [3.8, 4) is 0 Å². The minimum atomic E-state index is -0.998. The average molecular weight is 239 g/mol. The van der Waals surface area contributed by atoms with Crippen molar-refractivity contribution in [2.24, 2.45) is 0 Å². The van der Waals surface area contributed by atoms with Gasteiger partial charge in [-0.1, -0.05) is 13.0 Å². The van der Waals surface area contributed by atoms with Crippen LogP contribution in [0.3, 0.4) is 0 Å². The Bertz CT molecular complexity index is 425. The van der Waals surface area contributed by atoms with Gasteiger partial charge in [0.15, 0.2) is 0 Å². The maximum atomic E-state index is 11.7. The first-order valence-electron chi connectivity index (χ1n) is 5.20. The smallest absolute Gasteiger partial charge is 0.353 e. The van der Waals surface area contributed by atoms with Crippen molar-refractivity contribution in [2.45, 2.75) is 26.3 Å². The van der Waals surface area contributed by atoms with E-state index < -0.39 is 5.97 Å². The highest BCUT2D eigenvalue weighted by atomic mass is 32.2. The lowest BCUT2D eigenvalue weighted by molar-refractivity contribution is -0.142. The van der Waals surface area contributed by atoms with Gasteiger partial charge >= 0.3 is 5.97 Å². The number of β-lactam (4-membered cyclic amide) rings is 1.